The first kappa shape index (κ1) is 17.8. The Kier molecular flexibility index (Phi) is 5.73. The molecule has 1 aromatic carbocycles. The zero-order chi connectivity index (χ0) is 18.4. The van der Waals surface area contributed by atoms with Crippen LogP contribution in [0.4, 0.5) is 0 Å². The fraction of sp³-hybridized carbons (Fsp3) is 0.300. The Hall–Kier alpha value is -3.02. The Morgan fingerprint density at radius 3 is 2.73 bits per heavy atom. The summed E-state index contributed by atoms with van der Waals surface area (Å²) in [6.45, 7) is 4.12. The van der Waals surface area contributed by atoms with Gasteiger partial charge in [0, 0.05) is 44.2 Å². The lowest BCUT2D eigenvalue weighted by Gasteiger charge is -2.22. The van der Waals surface area contributed by atoms with Crippen LogP contribution in [0.25, 0.3) is 11.3 Å². The molecule has 0 saturated carbocycles. The average Bonchev–Trinajstić information content (AvgIpc) is 3.29. The molecule has 6 heteroatoms. The molecular weight excluding hydrogens is 326 g/mol. The summed E-state index contributed by atoms with van der Waals surface area (Å²) in [5.74, 6) is 1.61. The Morgan fingerprint density at radius 2 is 2.04 bits per heavy atom. The second-order valence-corrected chi connectivity index (χ2v) is 6.19. The number of hydrogen-bond donors (Lipinski definition) is 1. The highest BCUT2D eigenvalue weighted by atomic mass is 16.5. The molecule has 6 nitrogen and oxygen atoms in total. The maximum atomic E-state index is 5.45. The smallest absolute Gasteiger partial charge is 0.194 e. The highest BCUT2D eigenvalue weighted by Crippen LogP contribution is 2.20. The minimum absolute atomic E-state index is 0.468. The molecule has 0 radical (unpaired) electrons. The number of aliphatic imine (C=N–C) groups is 1. The van der Waals surface area contributed by atoms with Gasteiger partial charge < -0.3 is 19.3 Å². The maximum Gasteiger partial charge on any atom is 0.194 e. The van der Waals surface area contributed by atoms with E-state index in [2.05, 4.69) is 32.9 Å². The quantitative estimate of drug-likeness (QED) is 0.547. The maximum absolute atomic E-state index is 5.45. The van der Waals surface area contributed by atoms with Gasteiger partial charge in [0.1, 0.15) is 5.69 Å². The van der Waals surface area contributed by atoms with Crippen LogP contribution in [0.15, 0.2) is 64.2 Å². The van der Waals surface area contributed by atoms with E-state index in [1.54, 1.807) is 0 Å². The molecule has 1 N–H and O–H groups in total. The Bertz CT molecular complexity index is 850. The number of aryl methyl sites for hydroxylation is 1. The van der Waals surface area contributed by atoms with E-state index in [0.29, 0.717) is 6.54 Å². The second kappa shape index (κ2) is 8.38. The van der Waals surface area contributed by atoms with Crippen LogP contribution < -0.4 is 5.32 Å². The third-order valence-corrected chi connectivity index (χ3v) is 4.16. The van der Waals surface area contributed by atoms with E-state index in [9.17, 15) is 0 Å². The highest BCUT2D eigenvalue weighted by Gasteiger charge is 2.10. The highest BCUT2D eigenvalue weighted by molar-refractivity contribution is 5.79. The molecule has 0 aliphatic carbocycles. The van der Waals surface area contributed by atoms with E-state index in [-0.39, 0.29) is 0 Å². The SMILES string of the molecule is CCNC(=NCc1cc(-c2ccccc2)on1)N(C)Cc1cccn1C. The van der Waals surface area contributed by atoms with Gasteiger partial charge in [0.05, 0.1) is 13.1 Å². The molecule has 0 spiro atoms. The summed E-state index contributed by atoms with van der Waals surface area (Å²) in [5.41, 5.74) is 3.06. The molecule has 0 bridgehead atoms. The van der Waals surface area contributed by atoms with Crippen molar-refractivity contribution in [1.82, 2.24) is 19.9 Å². The minimum atomic E-state index is 0.468. The van der Waals surface area contributed by atoms with E-state index in [0.717, 1.165) is 36.1 Å². The molecule has 0 atom stereocenters. The summed E-state index contributed by atoms with van der Waals surface area (Å²) in [4.78, 5) is 6.81. The van der Waals surface area contributed by atoms with Crippen molar-refractivity contribution in [3.05, 3.63) is 66.1 Å². The largest absolute Gasteiger partial charge is 0.357 e. The van der Waals surface area contributed by atoms with Gasteiger partial charge in [0.2, 0.25) is 0 Å². The number of hydrogen-bond acceptors (Lipinski definition) is 3. The van der Waals surface area contributed by atoms with Crippen LogP contribution in [0.2, 0.25) is 0 Å². The lowest BCUT2D eigenvalue weighted by atomic mass is 10.2. The van der Waals surface area contributed by atoms with Crippen LogP contribution in [0.1, 0.15) is 18.3 Å². The van der Waals surface area contributed by atoms with Crippen LogP contribution in [0.3, 0.4) is 0 Å². The van der Waals surface area contributed by atoms with Crippen LogP contribution in [0.5, 0.6) is 0 Å². The molecule has 0 saturated heterocycles. The third-order valence-electron chi connectivity index (χ3n) is 4.16. The van der Waals surface area contributed by atoms with Gasteiger partial charge >= 0.3 is 0 Å². The van der Waals surface area contributed by atoms with E-state index in [4.69, 9.17) is 9.52 Å². The van der Waals surface area contributed by atoms with Crippen molar-refractivity contribution >= 4 is 5.96 Å². The number of nitrogens with one attached hydrogen (secondary N) is 1. The molecule has 3 rings (SSSR count). The van der Waals surface area contributed by atoms with Gasteiger partial charge in [-0.2, -0.15) is 0 Å². The van der Waals surface area contributed by atoms with E-state index < -0.39 is 0 Å². The summed E-state index contributed by atoms with van der Waals surface area (Å²) < 4.78 is 7.56. The van der Waals surface area contributed by atoms with Crippen molar-refractivity contribution in [1.29, 1.82) is 0 Å². The molecule has 0 fully saturated rings. The first-order valence-corrected chi connectivity index (χ1v) is 8.78. The zero-order valence-corrected chi connectivity index (χ0v) is 15.5. The second-order valence-electron chi connectivity index (χ2n) is 6.19. The Labute approximate surface area is 154 Å². The molecule has 0 aliphatic heterocycles. The molecule has 2 heterocycles. The molecule has 0 amide bonds. The van der Waals surface area contributed by atoms with Gasteiger partial charge in [-0.3, -0.25) is 0 Å². The summed E-state index contributed by atoms with van der Waals surface area (Å²) >= 11 is 0. The molecule has 0 aliphatic rings. The van der Waals surface area contributed by atoms with Gasteiger partial charge in [0.15, 0.2) is 11.7 Å². The molecule has 26 heavy (non-hydrogen) atoms. The van der Waals surface area contributed by atoms with Crippen molar-refractivity contribution in [3.63, 3.8) is 0 Å². The first-order chi connectivity index (χ1) is 12.7. The number of aromatic nitrogens is 2. The average molecular weight is 351 g/mol. The number of guanidine groups is 1. The topological polar surface area (TPSA) is 58.6 Å². The van der Waals surface area contributed by atoms with Crippen LogP contribution >= 0.6 is 0 Å². The molecule has 2 aromatic heterocycles. The van der Waals surface area contributed by atoms with Gasteiger partial charge in [-0.05, 0) is 19.1 Å². The predicted octanol–water partition coefficient (Wildman–Crippen LogP) is 3.28. The van der Waals surface area contributed by atoms with Crippen molar-refractivity contribution in [2.45, 2.75) is 20.0 Å². The van der Waals surface area contributed by atoms with Gasteiger partial charge in [0.25, 0.3) is 0 Å². The van der Waals surface area contributed by atoms with Crippen LogP contribution in [0, 0.1) is 0 Å². The van der Waals surface area contributed by atoms with Crippen molar-refractivity contribution in [3.8, 4) is 11.3 Å². The summed E-state index contributed by atoms with van der Waals surface area (Å²) in [6, 6.07) is 16.1. The molecule has 0 unspecified atom stereocenters. The standard InChI is InChI=1S/C20H25N5O/c1-4-21-20(25(3)15-18-11-8-12-24(18)2)22-14-17-13-19(26-23-17)16-9-6-5-7-10-16/h5-13H,4,14-15H2,1-3H3,(H,21,22). The summed E-state index contributed by atoms with van der Waals surface area (Å²) in [5, 5.41) is 7.47. The van der Waals surface area contributed by atoms with Gasteiger partial charge in [-0.1, -0.05) is 35.5 Å². The normalized spacial score (nSPS) is 11.6. The molecular formula is C20H25N5O. The molecule has 136 valence electrons. The van der Waals surface area contributed by atoms with Crippen molar-refractivity contribution in [2.75, 3.05) is 13.6 Å². The fourth-order valence-electron chi connectivity index (χ4n) is 2.73. The van der Waals surface area contributed by atoms with Crippen molar-refractivity contribution < 1.29 is 4.52 Å². The van der Waals surface area contributed by atoms with E-state index >= 15 is 0 Å². The summed E-state index contributed by atoms with van der Waals surface area (Å²) in [7, 11) is 4.08. The zero-order valence-electron chi connectivity index (χ0n) is 15.5. The lowest BCUT2D eigenvalue weighted by Crippen LogP contribution is -2.38. The number of nitrogens with zero attached hydrogens (tertiary/aromatic N) is 4. The Morgan fingerprint density at radius 1 is 1.23 bits per heavy atom. The predicted molar refractivity (Wildman–Crippen MR) is 104 cm³/mol. The monoisotopic (exact) mass is 351 g/mol. The van der Waals surface area contributed by atoms with E-state index in [1.165, 1.54) is 5.69 Å². The number of rotatable bonds is 6. The summed E-state index contributed by atoms with van der Waals surface area (Å²) in [6.07, 6.45) is 2.05. The van der Waals surface area contributed by atoms with Crippen LogP contribution in [-0.4, -0.2) is 34.2 Å². The van der Waals surface area contributed by atoms with Crippen LogP contribution in [-0.2, 0) is 20.1 Å². The fourth-order valence-corrected chi connectivity index (χ4v) is 2.73. The van der Waals surface area contributed by atoms with Gasteiger partial charge in [-0.15, -0.1) is 0 Å². The van der Waals surface area contributed by atoms with Gasteiger partial charge in [-0.25, -0.2) is 4.99 Å². The first-order valence-electron chi connectivity index (χ1n) is 8.78. The number of benzene rings is 1. The lowest BCUT2D eigenvalue weighted by molar-refractivity contribution is 0.423. The van der Waals surface area contributed by atoms with E-state index in [1.807, 2.05) is 62.8 Å². The Balaban J connectivity index is 1.69. The third kappa shape index (κ3) is 4.33. The minimum Gasteiger partial charge on any atom is -0.357 e. The van der Waals surface area contributed by atoms with Crippen molar-refractivity contribution in [2.24, 2.45) is 12.0 Å². The molecule has 3 aromatic rings.